The lowest BCUT2D eigenvalue weighted by atomic mass is 9.91. The predicted octanol–water partition coefficient (Wildman–Crippen LogP) is 9.80. The topological polar surface area (TPSA) is 12.0 Å². The van der Waals surface area contributed by atoms with Crippen molar-refractivity contribution in [1.29, 1.82) is 0 Å². The zero-order valence-electron chi connectivity index (χ0n) is 16.9. The molecule has 0 aromatic heterocycles. The Morgan fingerprint density at radius 3 is 2.38 bits per heavy atom. The van der Waals surface area contributed by atoms with Crippen molar-refractivity contribution in [1.82, 2.24) is 0 Å². The Morgan fingerprint density at radius 2 is 1.47 bits per heavy atom. The molecule has 0 amide bonds. The molecule has 154 valence electrons. The maximum atomic E-state index is 6.48. The van der Waals surface area contributed by atoms with Gasteiger partial charge in [-0.1, -0.05) is 100.0 Å². The molecule has 5 aromatic carbocycles. The van der Waals surface area contributed by atoms with E-state index in [9.17, 15) is 0 Å². The average Bonchev–Trinajstić information content (AvgIpc) is 2.83. The standard InChI is InChI=1S/C28H17BrClNS/c29-24-10-4-3-9-21(24)22-16-18(30)13-14-20(22)23-15-17-7-1-2-8-19(17)28-27(23)31-25-11-5-6-12-26(25)32-28/h1-16,31H. The van der Waals surface area contributed by atoms with E-state index in [4.69, 9.17) is 11.6 Å². The molecule has 4 heteroatoms. The molecule has 0 bridgehead atoms. The first kappa shape index (κ1) is 19.9. The lowest BCUT2D eigenvalue weighted by Crippen LogP contribution is -2.03. The zero-order valence-corrected chi connectivity index (χ0v) is 20.1. The van der Waals surface area contributed by atoms with Crippen molar-refractivity contribution >= 4 is 61.4 Å². The largest absolute Gasteiger partial charge is 0.353 e. The van der Waals surface area contributed by atoms with Crippen LogP contribution in [-0.4, -0.2) is 0 Å². The van der Waals surface area contributed by atoms with Crippen molar-refractivity contribution < 1.29 is 0 Å². The zero-order chi connectivity index (χ0) is 21.7. The first-order chi connectivity index (χ1) is 15.7. The molecule has 0 unspecified atom stereocenters. The number of hydrogen-bond donors (Lipinski definition) is 1. The number of fused-ring (bicyclic) bond motifs is 4. The van der Waals surface area contributed by atoms with Crippen LogP contribution in [0.15, 0.2) is 111 Å². The Kier molecular flexibility index (Phi) is 4.98. The molecular formula is C28H17BrClNS. The fourth-order valence-corrected chi connectivity index (χ4v) is 6.14. The summed E-state index contributed by atoms with van der Waals surface area (Å²) in [5.74, 6) is 0. The van der Waals surface area contributed by atoms with Crippen LogP contribution in [-0.2, 0) is 0 Å². The van der Waals surface area contributed by atoms with Gasteiger partial charge in [-0.2, -0.15) is 0 Å². The Hall–Kier alpha value is -2.72. The van der Waals surface area contributed by atoms with Crippen molar-refractivity contribution in [2.75, 3.05) is 5.32 Å². The Balaban J connectivity index is 1.67. The number of para-hydroxylation sites is 1. The van der Waals surface area contributed by atoms with E-state index >= 15 is 0 Å². The summed E-state index contributed by atoms with van der Waals surface area (Å²) in [7, 11) is 0. The molecule has 1 aliphatic heterocycles. The number of anilines is 2. The first-order valence-corrected chi connectivity index (χ1v) is 12.3. The highest BCUT2D eigenvalue weighted by Crippen LogP contribution is 2.52. The minimum atomic E-state index is 0.724. The van der Waals surface area contributed by atoms with E-state index in [-0.39, 0.29) is 0 Å². The lowest BCUT2D eigenvalue weighted by Gasteiger charge is -2.26. The fraction of sp³-hybridized carbons (Fsp3) is 0. The normalized spacial score (nSPS) is 12.2. The van der Waals surface area contributed by atoms with Crippen molar-refractivity contribution in [3.63, 3.8) is 0 Å². The van der Waals surface area contributed by atoms with Gasteiger partial charge in [0.05, 0.1) is 11.4 Å². The molecule has 1 N–H and O–H groups in total. The summed E-state index contributed by atoms with van der Waals surface area (Å²) < 4.78 is 1.05. The highest BCUT2D eigenvalue weighted by molar-refractivity contribution is 9.10. The molecule has 6 rings (SSSR count). The number of halogens is 2. The van der Waals surface area contributed by atoms with Gasteiger partial charge in [0.1, 0.15) is 0 Å². The van der Waals surface area contributed by atoms with Crippen LogP contribution in [0, 0.1) is 0 Å². The molecule has 0 fully saturated rings. The number of hydrogen-bond acceptors (Lipinski definition) is 2. The minimum absolute atomic E-state index is 0.724. The van der Waals surface area contributed by atoms with Crippen molar-refractivity contribution in [3.05, 3.63) is 107 Å². The summed E-state index contributed by atoms with van der Waals surface area (Å²) in [4.78, 5) is 2.49. The van der Waals surface area contributed by atoms with Gasteiger partial charge in [0, 0.05) is 24.8 Å². The van der Waals surface area contributed by atoms with Crippen molar-refractivity contribution in [3.8, 4) is 22.3 Å². The first-order valence-electron chi connectivity index (χ1n) is 10.3. The third kappa shape index (κ3) is 3.32. The molecule has 0 saturated heterocycles. The fourth-order valence-electron chi connectivity index (χ4n) is 4.31. The van der Waals surface area contributed by atoms with Gasteiger partial charge < -0.3 is 5.32 Å². The SMILES string of the molecule is Clc1ccc(-c2cc3ccccc3c3c2Nc2ccccc2S3)c(-c2ccccc2Br)c1. The van der Waals surface area contributed by atoms with Gasteiger partial charge in [-0.05, 0) is 63.9 Å². The third-order valence-electron chi connectivity index (χ3n) is 5.80. The van der Waals surface area contributed by atoms with E-state index in [1.165, 1.54) is 26.1 Å². The Morgan fingerprint density at radius 1 is 0.688 bits per heavy atom. The van der Waals surface area contributed by atoms with Gasteiger partial charge in [0.25, 0.3) is 0 Å². The molecule has 0 spiro atoms. The maximum absolute atomic E-state index is 6.48. The monoisotopic (exact) mass is 513 g/mol. The van der Waals surface area contributed by atoms with Crippen LogP contribution < -0.4 is 5.32 Å². The van der Waals surface area contributed by atoms with E-state index in [0.717, 1.165) is 37.6 Å². The summed E-state index contributed by atoms with van der Waals surface area (Å²) in [6.07, 6.45) is 0. The molecule has 1 aliphatic rings. The Bertz CT molecular complexity index is 1510. The molecule has 1 nitrogen and oxygen atoms in total. The van der Waals surface area contributed by atoms with E-state index in [1.807, 2.05) is 23.9 Å². The van der Waals surface area contributed by atoms with Crippen LogP contribution in [0.1, 0.15) is 0 Å². The molecule has 5 aromatic rings. The van der Waals surface area contributed by atoms with Gasteiger partial charge in [-0.15, -0.1) is 0 Å². The smallest absolute Gasteiger partial charge is 0.0612 e. The van der Waals surface area contributed by atoms with E-state index in [1.54, 1.807) is 0 Å². The van der Waals surface area contributed by atoms with E-state index in [0.29, 0.717) is 0 Å². The molecule has 0 saturated carbocycles. The number of rotatable bonds is 2. The second kappa shape index (κ2) is 8.00. The minimum Gasteiger partial charge on any atom is -0.353 e. The Labute approximate surface area is 204 Å². The quantitative estimate of drug-likeness (QED) is 0.247. The molecule has 32 heavy (non-hydrogen) atoms. The van der Waals surface area contributed by atoms with Crippen LogP contribution in [0.4, 0.5) is 11.4 Å². The predicted molar refractivity (Wildman–Crippen MR) is 141 cm³/mol. The molecule has 0 atom stereocenters. The lowest BCUT2D eigenvalue weighted by molar-refractivity contribution is 1.34. The number of nitrogens with one attached hydrogen (secondary N) is 1. The summed E-state index contributed by atoms with van der Waals surface area (Å²) in [6.45, 7) is 0. The highest BCUT2D eigenvalue weighted by Gasteiger charge is 2.23. The summed E-state index contributed by atoms with van der Waals surface area (Å²) in [6, 6.07) is 33.8. The van der Waals surface area contributed by atoms with Crippen LogP contribution in [0.2, 0.25) is 5.02 Å². The van der Waals surface area contributed by atoms with Crippen LogP contribution >= 0.6 is 39.3 Å². The highest BCUT2D eigenvalue weighted by atomic mass is 79.9. The molecule has 0 radical (unpaired) electrons. The van der Waals surface area contributed by atoms with Gasteiger partial charge >= 0.3 is 0 Å². The maximum Gasteiger partial charge on any atom is 0.0612 e. The van der Waals surface area contributed by atoms with Gasteiger partial charge in [0.2, 0.25) is 0 Å². The van der Waals surface area contributed by atoms with E-state index in [2.05, 4.69) is 106 Å². The number of benzene rings is 5. The third-order valence-corrected chi connectivity index (χ3v) is 7.93. The molecule has 1 heterocycles. The van der Waals surface area contributed by atoms with E-state index < -0.39 is 0 Å². The summed E-state index contributed by atoms with van der Waals surface area (Å²) in [5.41, 5.74) is 6.82. The van der Waals surface area contributed by atoms with Crippen LogP contribution in [0.25, 0.3) is 33.0 Å². The molecular weight excluding hydrogens is 498 g/mol. The second-order valence-corrected chi connectivity index (χ2v) is 10.1. The average molecular weight is 515 g/mol. The van der Waals surface area contributed by atoms with Crippen LogP contribution in [0.3, 0.4) is 0 Å². The summed E-state index contributed by atoms with van der Waals surface area (Å²) in [5, 5.41) is 6.95. The van der Waals surface area contributed by atoms with Crippen molar-refractivity contribution in [2.24, 2.45) is 0 Å². The van der Waals surface area contributed by atoms with Gasteiger partial charge in [-0.3, -0.25) is 0 Å². The van der Waals surface area contributed by atoms with Gasteiger partial charge in [-0.25, -0.2) is 0 Å². The second-order valence-electron chi connectivity index (χ2n) is 7.74. The van der Waals surface area contributed by atoms with Gasteiger partial charge in [0.15, 0.2) is 0 Å². The van der Waals surface area contributed by atoms with Crippen molar-refractivity contribution in [2.45, 2.75) is 9.79 Å². The molecule has 0 aliphatic carbocycles. The van der Waals surface area contributed by atoms with Crippen LogP contribution in [0.5, 0.6) is 0 Å². The summed E-state index contributed by atoms with van der Waals surface area (Å²) >= 11 is 12.0.